The Hall–Kier alpha value is -2.90. The van der Waals surface area contributed by atoms with Crippen LogP contribution in [0.1, 0.15) is 73.3 Å². The number of methoxy groups -OCH3 is 1. The number of nitrogens with one attached hydrogen (secondary N) is 1. The number of nitrogens with zero attached hydrogens (tertiary/aromatic N) is 1. The van der Waals surface area contributed by atoms with Crippen LogP contribution in [0.5, 0.6) is 0 Å². The number of allylic oxidation sites excluding steroid dienone is 2. The van der Waals surface area contributed by atoms with Crippen LogP contribution in [0, 0.1) is 17.3 Å². The minimum atomic E-state index is -0.211. The molecule has 0 bridgehead atoms. The molecule has 0 spiro atoms. The first-order chi connectivity index (χ1) is 15.6. The van der Waals surface area contributed by atoms with Gasteiger partial charge >= 0.3 is 0 Å². The number of benzene rings is 1. The van der Waals surface area contributed by atoms with Crippen molar-refractivity contribution in [2.45, 2.75) is 74.3 Å². The Balaban J connectivity index is 0.000000953. The molecule has 4 heteroatoms. The zero-order valence-electron chi connectivity index (χ0n) is 21.7. The van der Waals surface area contributed by atoms with Gasteiger partial charge in [-0.2, -0.15) is 0 Å². The van der Waals surface area contributed by atoms with E-state index in [1.54, 1.807) is 7.11 Å². The first kappa shape index (κ1) is 28.1. The number of rotatable bonds is 7. The van der Waals surface area contributed by atoms with Crippen molar-refractivity contribution in [3.63, 3.8) is 0 Å². The van der Waals surface area contributed by atoms with Gasteiger partial charge in [0.15, 0.2) is 0 Å². The average molecular weight is 449 g/mol. The Morgan fingerprint density at radius 2 is 1.73 bits per heavy atom. The molecular weight excluding hydrogens is 408 g/mol. The molecular formula is C29H40N2O2. The van der Waals surface area contributed by atoms with Gasteiger partial charge in [-0.05, 0) is 63.6 Å². The van der Waals surface area contributed by atoms with Gasteiger partial charge in [-0.1, -0.05) is 56.9 Å². The summed E-state index contributed by atoms with van der Waals surface area (Å²) >= 11 is 0. The van der Waals surface area contributed by atoms with E-state index in [1.165, 1.54) is 19.0 Å². The van der Waals surface area contributed by atoms with Gasteiger partial charge in [0.2, 0.25) is 0 Å². The first-order valence-corrected chi connectivity index (χ1v) is 11.5. The number of ether oxygens (including phenoxy) is 1. The summed E-state index contributed by atoms with van der Waals surface area (Å²) < 4.78 is 5.13. The standard InChI is InChI=1S/C24H30N2O2.C5H10/c1-8-10-11-18(5)23(22(17(3)4)19(6)25-9-2)24(27)26-21-14-12-20(13-15-21)16-28-7;1-5(2)3-4-5/h9,12-15H,2,8,16H2,1,3-7H3,(H,26,27);3-4H2,1-2H3/b23-18-,25-19?;. The Morgan fingerprint density at radius 1 is 1.15 bits per heavy atom. The minimum absolute atomic E-state index is 0.211. The van der Waals surface area contributed by atoms with E-state index in [1.807, 2.05) is 58.9 Å². The lowest BCUT2D eigenvalue weighted by atomic mass is 9.92. The highest BCUT2D eigenvalue weighted by Crippen LogP contribution is 2.43. The molecule has 178 valence electrons. The third-order valence-corrected chi connectivity index (χ3v) is 5.22. The van der Waals surface area contributed by atoms with E-state index in [2.05, 4.69) is 42.6 Å². The summed E-state index contributed by atoms with van der Waals surface area (Å²) in [5.74, 6) is 5.93. The molecule has 0 heterocycles. The van der Waals surface area contributed by atoms with E-state index in [9.17, 15) is 4.79 Å². The van der Waals surface area contributed by atoms with Gasteiger partial charge < -0.3 is 10.1 Å². The Morgan fingerprint density at radius 3 is 2.15 bits per heavy atom. The van der Waals surface area contributed by atoms with E-state index >= 15 is 0 Å². The highest BCUT2D eigenvalue weighted by molar-refractivity contribution is 6.18. The zero-order chi connectivity index (χ0) is 25.0. The van der Waals surface area contributed by atoms with Crippen LogP contribution < -0.4 is 5.32 Å². The maximum absolute atomic E-state index is 13.2. The van der Waals surface area contributed by atoms with Crippen molar-refractivity contribution in [2.24, 2.45) is 10.4 Å². The van der Waals surface area contributed by atoms with Crippen LogP contribution in [0.25, 0.3) is 0 Å². The normalized spacial score (nSPS) is 14.5. The van der Waals surface area contributed by atoms with Crippen LogP contribution in [-0.2, 0) is 16.1 Å². The van der Waals surface area contributed by atoms with Gasteiger partial charge in [-0.15, -0.1) is 0 Å². The maximum Gasteiger partial charge on any atom is 0.257 e. The van der Waals surface area contributed by atoms with E-state index < -0.39 is 0 Å². The summed E-state index contributed by atoms with van der Waals surface area (Å²) in [5, 5.41) is 2.98. The molecule has 0 aromatic heterocycles. The van der Waals surface area contributed by atoms with Gasteiger partial charge in [-0.25, -0.2) is 0 Å². The molecule has 0 atom stereocenters. The van der Waals surface area contributed by atoms with Crippen molar-refractivity contribution in [3.05, 3.63) is 64.9 Å². The van der Waals surface area contributed by atoms with Gasteiger partial charge in [0.1, 0.15) is 0 Å². The molecule has 1 N–H and O–H groups in total. The fourth-order valence-corrected chi connectivity index (χ4v) is 3.04. The molecule has 0 unspecified atom stereocenters. The second kappa shape index (κ2) is 13.6. The maximum atomic E-state index is 13.2. The summed E-state index contributed by atoms with van der Waals surface area (Å²) in [4.78, 5) is 17.5. The molecule has 33 heavy (non-hydrogen) atoms. The quantitative estimate of drug-likeness (QED) is 0.207. The fraction of sp³-hybridized carbons (Fsp3) is 0.448. The summed E-state index contributed by atoms with van der Waals surface area (Å²) in [7, 11) is 1.65. The second-order valence-corrected chi connectivity index (χ2v) is 9.18. The SMILES string of the molecule is C=CN=C(C)C(=C(C)C)/C(C(=O)Nc1ccc(COC)cc1)=C(\C)C#CCC.CC1(C)CC1. The summed E-state index contributed by atoms with van der Waals surface area (Å²) in [6, 6.07) is 7.59. The average Bonchev–Trinajstić information content (AvgIpc) is 3.46. The third-order valence-electron chi connectivity index (χ3n) is 5.22. The monoisotopic (exact) mass is 448 g/mol. The van der Waals surface area contributed by atoms with Crippen LogP contribution in [0.4, 0.5) is 5.69 Å². The largest absolute Gasteiger partial charge is 0.380 e. The predicted molar refractivity (Wildman–Crippen MR) is 141 cm³/mol. The number of carbonyl (C=O) groups excluding carboxylic acids is 1. The van der Waals surface area contributed by atoms with Crippen LogP contribution in [-0.4, -0.2) is 18.7 Å². The Bertz CT molecular complexity index is 971. The smallest absolute Gasteiger partial charge is 0.257 e. The molecule has 0 radical (unpaired) electrons. The second-order valence-electron chi connectivity index (χ2n) is 9.18. The fourth-order valence-electron chi connectivity index (χ4n) is 3.04. The molecule has 1 aromatic rings. The van der Waals surface area contributed by atoms with E-state index in [0.717, 1.165) is 34.3 Å². The number of anilines is 1. The lowest BCUT2D eigenvalue weighted by molar-refractivity contribution is -0.112. The Kier molecular flexibility index (Phi) is 11.6. The number of hydrogen-bond donors (Lipinski definition) is 1. The molecule has 1 aliphatic carbocycles. The van der Waals surface area contributed by atoms with Crippen molar-refractivity contribution >= 4 is 17.3 Å². The summed E-state index contributed by atoms with van der Waals surface area (Å²) in [6.45, 7) is 18.4. The molecule has 2 rings (SSSR count). The molecule has 1 aromatic carbocycles. The van der Waals surface area contributed by atoms with Crippen molar-refractivity contribution < 1.29 is 9.53 Å². The van der Waals surface area contributed by atoms with E-state index in [-0.39, 0.29) is 5.91 Å². The first-order valence-electron chi connectivity index (χ1n) is 11.5. The Labute approximate surface area is 200 Å². The van der Waals surface area contributed by atoms with Gasteiger partial charge in [-0.3, -0.25) is 9.79 Å². The highest BCUT2D eigenvalue weighted by Gasteiger charge is 2.30. The summed E-state index contributed by atoms with van der Waals surface area (Å²) in [5.41, 5.74) is 6.26. The highest BCUT2D eigenvalue weighted by atomic mass is 16.5. The zero-order valence-corrected chi connectivity index (χ0v) is 21.7. The van der Waals surface area contributed by atoms with E-state index in [0.29, 0.717) is 23.4 Å². The number of hydrogen-bond acceptors (Lipinski definition) is 3. The molecule has 1 saturated carbocycles. The minimum Gasteiger partial charge on any atom is -0.380 e. The number of amides is 1. The van der Waals surface area contributed by atoms with Crippen LogP contribution in [0.15, 0.2) is 64.3 Å². The lowest BCUT2D eigenvalue weighted by Crippen LogP contribution is -2.20. The van der Waals surface area contributed by atoms with Crippen LogP contribution in [0.3, 0.4) is 0 Å². The molecule has 0 aliphatic heterocycles. The van der Waals surface area contributed by atoms with Crippen LogP contribution in [0.2, 0.25) is 0 Å². The van der Waals surface area contributed by atoms with Crippen molar-refractivity contribution in [1.29, 1.82) is 0 Å². The van der Waals surface area contributed by atoms with Gasteiger partial charge in [0.25, 0.3) is 5.91 Å². The van der Waals surface area contributed by atoms with Crippen LogP contribution >= 0.6 is 0 Å². The molecule has 4 nitrogen and oxygen atoms in total. The number of aliphatic imine (C=N–C) groups is 1. The van der Waals surface area contributed by atoms with Gasteiger partial charge in [0.05, 0.1) is 12.2 Å². The molecule has 1 aliphatic rings. The lowest BCUT2D eigenvalue weighted by Gasteiger charge is -2.16. The molecule has 1 amide bonds. The topological polar surface area (TPSA) is 50.7 Å². The van der Waals surface area contributed by atoms with Crippen molar-refractivity contribution in [2.75, 3.05) is 12.4 Å². The van der Waals surface area contributed by atoms with Crippen molar-refractivity contribution in [3.8, 4) is 11.8 Å². The third kappa shape index (κ3) is 10.1. The molecule has 1 fully saturated rings. The summed E-state index contributed by atoms with van der Waals surface area (Å²) in [6.07, 6.45) is 5.10. The molecule has 0 saturated heterocycles. The van der Waals surface area contributed by atoms with Gasteiger partial charge in [0, 0.05) is 42.3 Å². The van der Waals surface area contributed by atoms with E-state index in [4.69, 9.17) is 4.74 Å². The van der Waals surface area contributed by atoms with Crippen molar-refractivity contribution in [1.82, 2.24) is 0 Å². The number of carbonyl (C=O) groups is 1. The predicted octanol–water partition coefficient (Wildman–Crippen LogP) is 7.25.